The van der Waals surface area contributed by atoms with Gasteiger partial charge in [-0.05, 0) is 61.2 Å². The van der Waals surface area contributed by atoms with Crippen LogP contribution < -0.4 is 15.0 Å². The number of benzene rings is 2. The fraction of sp³-hybridized carbons (Fsp3) is 0.458. The lowest BCUT2D eigenvalue weighted by Crippen LogP contribution is -2.49. The zero-order chi connectivity index (χ0) is 22.9. The lowest BCUT2D eigenvalue weighted by molar-refractivity contribution is -0.138. The molecule has 0 radical (unpaired) electrons. The number of fused-ring (bicyclic) bond motifs is 1. The van der Waals surface area contributed by atoms with Gasteiger partial charge in [-0.15, -0.1) is 0 Å². The van der Waals surface area contributed by atoms with E-state index in [4.69, 9.17) is 4.74 Å². The van der Waals surface area contributed by atoms with Crippen LogP contribution >= 0.6 is 0 Å². The first-order valence-electron chi connectivity index (χ1n) is 10.9. The Labute approximate surface area is 185 Å². The number of alkyl halides is 3. The molecule has 1 amide bonds. The van der Waals surface area contributed by atoms with Gasteiger partial charge in [0.05, 0.1) is 12.7 Å². The van der Waals surface area contributed by atoms with Gasteiger partial charge in [0.2, 0.25) is 0 Å². The van der Waals surface area contributed by atoms with Crippen molar-refractivity contribution in [3.05, 3.63) is 59.2 Å². The number of carbonyl (C=O) groups excluding carboxylic acids is 1. The van der Waals surface area contributed by atoms with Gasteiger partial charge in [-0.2, -0.15) is 13.2 Å². The van der Waals surface area contributed by atoms with E-state index in [0.29, 0.717) is 11.3 Å². The van der Waals surface area contributed by atoms with Crippen LogP contribution in [0.1, 0.15) is 41.9 Å². The minimum Gasteiger partial charge on any atom is -0.497 e. The van der Waals surface area contributed by atoms with Gasteiger partial charge < -0.3 is 20.1 Å². The van der Waals surface area contributed by atoms with Crippen molar-refractivity contribution < 1.29 is 27.8 Å². The number of amides is 1. The number of ether oxygens (including phenoxy) is 1. The molecule has 32 heavy (non-hydrogen) atoms. The summed E-state index contributed by atoms with van der Waals surface area (Å²) < 4.78 is 46.9. The van der Waals surface area contributed by atoms with Crippen LogP contribution in [0.4, 0.5) is 18.9 Å². The van der Waals surface area contributed by atoms with Gasteiger partial charge in [0.25, 0.3) is 5.91 Å². The van der Waals surface area contributed by atoms with Crippen LogP contribution in [0.3, 0.4) is 0 Å². The van der Waals surface area contributed by atoms with Crippen molar-refractivity contribution in [3.8, 4) is 5.75 Å². The first-order valence-corrected chi connectivity index (χ1v) is 10.9. The minimum absolute atomic E-state index is 0.0279. The number of halogens is 3. The van der Waals surface area contributed by atoms with Crippen molar-refractivity contribution in [2.24, 2.45) is 0 Å². The smallest absolute Gasteiger partial charge is 0.416 e. The summed E-state index contributed by atoms with van der Waals surface area (Å²) in [5.74, 6) is -0.791. The summed E-state index contributed by atoms with van der Waals surface area (Å²) in [5, 5.41) is 14.4. The summed E-state index contributed by atoms with van der Waals surface area (Å²) in [6, 6.07) is 10.6. The maximum absolute atomic E-state index is 13.9. The number of nitrogens with zero attached hydrogens (tertiary/aromatic N) is 1. The lowest BCUT2D eigenvalue weighted by atomic mass is 9.86. The predicted octanol–water partition coefficient (Wildman–Crippen LogP) is 3.89. The summed E-state index contributed by atoms with van der Waals surface area (Å²) >= 11 is 0. The van der Waals surface area contributed by atoms with Crippen LogP contribution in [0.5, 0.6) is 5.75 Å². The first-order chi connectivity index (χ1) is 15.3. The Morgan fingerprint density at radius 3 is 2.53 bits per heavy atom. The number of anilines is 1. The van der Waals surface area contributed by atoms with E-state index in [1.807, 2.05) is 0 Å². The van der Waals surface area contributed by atoms with Gasteiger partial charge in [0.15, 0.2) is 0 Å². The summed E-state index contributed by atoms with van der Waals surface area (Å²) in [5.41, 5.74) is 0.0954. The number of hydrogen-bond acceptors (Lipinski definition) is 4. The number of hydrogen-bond donors (Lipinski definition) is 2. The van der Waals surface area contributed by atoms with Crippen LogP contribution in [0.2, 0.25) is 0 Å². The molecule has 2 N–H and O–H groups in total. The van der Waals surface area contributed by atoms with Crippen LogP contribution in [0, 0.1) is 0 Å². The molecule has 2 aliphatic heterocycles. The standard InChI is InChI=1S/C24H27F3N2O3/c1-32-17-10-8-15(9-11-17)18-13-19-20(24(25,26)27)6-4-7-21(19)29(23(31)22(18)30)14-16-5-2-3-12-28-16/h4,6-11,16,18,22,28,30H,2-3,5,12-14H2,1H3/t16?,18-,22+/m0/s1. The molecule has 172 valence electrons. The third-order valence-corrected chi connectivity index (χ3v) is 6.43. The maximum Gasteiger partial charge on any atom is 0.416 e. The maximum atomic E-state index is 13.9. The van der Waals surface area contributed by atoms with Crippen molar-refractivity contribution in [2.45, 2.75) is 49.9 Å². The molecule has 2 aliphatic rings. The second-order valence-electron chi connectivity index (χ2n) is 8.43. The number of nitrogens with one attached hydrogen (secondary N) is 1. The Hall–Kier alpha value is -2.58. The van der Waals surface area contributed by atoms with Gasteiger partial charge in [0, 0.05) is 24.2 Å². The second kappa shape index (κ2) is 9.11. The highest BCUT2D eigenvalue weighted by Crippen LogP contribution is 2.42. The largest absolute Gasteiger partial charge is 0.497 e. The average molecular weight is 448 g/mol. The van der Waals surface area contributed by atoms with Crippen LogP contribution in [-0.2, 0) is 17.4 Å². The number of rotatable bonds is 4. The van der Waals surface area contributed by atoms with E-state index in [1.165, 1.54) is 18.1 Å². The van der Waals surface area contributed by atoms with E-state index in [1.54, 1.807) is 30.3 Å². The number of aliphatic hydroxyl groups is 1. The molecule has 1 unspecified atom stereocenters. The van der Waals surface area contributed by atoms with Crippen LogP contribution in [0.15, 0.2) is 42.5 Å². The first kappa shape index (κ1) is 22.6. The topological polar surface area (TPSA) is 61.8 Å². The second-order valence-corrected chi connectivity index (χ2v) is 8.43. The zero-order valence-corrected chi connectivity index (χ0v) is 17.9. The lowest BCUT2D eigenvalue weighted by Gasteiger charge is -2.32. The monoisotopic (exact) mass is 448 g/mol. The van der Waals surface area contributed by atoms with E-state index < -0.39 is 29.7 Å². The molecule has 2 aromatic carbocycles. The molecule has 4 rings (SSSR count). The number of carbonyl (C=O) groups is 1. The summed E-state index contributed by atoms with van der Waals surface area (Å²) in [4.78, 5) is 14.7. The quantitative estimate of drug-likeness (QED) is 0.745. The third kappa shape index (κ3) is 4.47. The molecule has 2 heterocycles. The third-order valence-electron chi connectivity index (χ3n) is 6.43. The Bertz CT molecular complexity index is 956. The molecule has 0 aromatic heterocycles. The predicted molar refractivity (Wildman–Crippen MR) is 115 cm³/mol. The number of methoxy groups -OCH3 is 1. The summed E-state index contributed by atoms with van der Waals surface area (Å²) in [6.07, 6.45) is -3.27. The van der Waals surface area contributed by atoms with Crippen molar-refractivity contribution in [2.75, 3.05) is 25.1 Å². The Morgan fingerprint density at radius 1 is 1.16 bits per heavy atom. The molecular formula is C24H27F3N2O3. The van der Waals surface area contributed by atoms with Crippen molar-refractivity contribution in [1.82, 2.24) is 5.32 Å². The van der Waals surface area contributed by atoms with Gasteiger partial charge in [-0.1, -0.05) is 24.6 Å². The normalized spacial score (nSPS) is 24.1. The molecule has 2 aromatic rings. The molecule has 1 fully saturated rings. The molecule has 0 spiro atoms. The van der Waals surface area contributed by atoms with E-state index in [2.05, 4.69) is 5.32 Å². The molecule has 0 aliphatic carbocycles. The van der Waals surface area contributed by atoms with Crippen molar-refractivity contribution in [3.63, 3.8) is 0 Å². The Balaban J connectivity index is 1.79. The molecule has 0 saturated carbocycles. The van der Waals surface area contributed by atoms with E-state index in [0.717, 1.165) is 31.9 Å². The Morgan fingerprint density at radius 2 is 1.91 bits per heavy atom. The highest BCUT2D eigenvalue weighted by Gasteiger charge is 2.42. The Kier molecular flexibility index (Phi) is 6.44. The zero-order valence-electron chi connectivity index (χ0n) is 17.9. The number of aliphatic hydroxyl groups excluding tert-OH is 1. The fourth-order valence-electron chi connectivity index (χ4n) is 4.73. The molecule has 8 heteroatoms. The number of piperidine rings is 1. The van der Waals surface area contributed by atoms with E-state index in [-0.39, 0.29) is 30.3 Å². The molecular weight excluding hydrogens is 421 g/mol. The van der Waals surface area contributed by atoms with Crippen molar-refractivity contribution >= 4 is 11.6 Å². The van der Waals surface area contributed by atoms with Crippen LogP contribution in [-0.4, -0.2) is 43.4 Å². The fourth-order valence-corrected chi connectivity index (χ4v) is 4.73. The highest BCUT2D eigenvalue weighted by atomic mass is 19.4. The molecule has 0 bridgehead atoms. The molecule has 3 atom stereocenters. The van der Waals surface area contributed by atoms with Gasteiger partial charge in [0.1, 0.15) is 11.9 Å². The highest BCUT2D eigenvalue weighted by molar-refractivity contribution is 5.99. The van der Waals surface area contributed by atoms with Gasteiger partial charge >= 0.3 is 6.18 Å². The SMILES string of the molecule is COc1ccc([C@@H]2Cc3c(cccc3C(F)(F)F)N(CC3CCCCN3)C(=O)[C@@H]2O)cc1. The summed E-state index contributed by atoms with van der Waals surface area (Å²) in [6.45, 7) is 1.03. The van der Waals surface area contributed by atoms with Gasteiger partial charge in [-0.3, -0.25) is 4.79 Å². The average Bonchev–Trinajstić information content (AvgIpc) is 2.89. The summed E-state index contributed by atoms with van der Waals surface area (Å²) in [7, 11) is 1.52. The minimum atomic E-state index is -4.57. The van der Waals surface area contributed by atoms with E-state index >= 15 is 0 Å². The molecule has 5 nitrogen and oxygen atoms in total. The van der Waals surface area contributed by atoms with E-state index in [9.17, 15) is 23.1 Å². The van der Waals surface area contributed by atoms with Crippen molar-refractivity contribution in [1.29, 1.82) is 0 Å². The van der Waals surface area contributed by atoms with Crippen LogP contribution in [0.25, 0.3) is 0 Å². The molecule has 1 saturated heterocycles. The van der Waals surface area contributed by atoms with Gasteiger partial charge in [-0.25, -0.2) is 0 Å².